The lowest BCUT2D eigenvalue weighted by Gasteiger charge is -2.23. The van der Waals surface area contributed by atoms with Crippen molar-refractivity contribution >= 4 is 0 Å². The molecule has 2 aromatic heterocycles. The Hall–Kier alpha value is -7.30. The molecule has 298 valence electrons. The molecule has 0 aliphatic heterocycles. The van der Waals surface area contributed by atoms with Crippen LogP contribution in [0.1, 0.15) is 61.1 Å². The minimum Gasteiger partial charge on any atom is -0.237 e. The lowest BCUT2D eigenvalue weighted by molar-refractivity contribution is 0.660. The number of hydrogen-bond acceptors (Lipinski definition) is 4. The summed E-state index contributed by atoms with van der Waals surface area (Å²) in [7, 11) is 0. The summed E-state index contributed by atoms with van der Waals surface area (Å²) in [6.45, 7) is 14.0. The van der Waals surface area contributed by atoms with Crippen LogP contribution in [0, 0.1) is 13.8 Å². The van der Waals surface area contributed by atoms with Crippen LogP contribution >= 0.6 is 0 Å². The number of benzene rings is 7. The van der Waals surface area contributed by atoms with E-state index in [1.165, 1.54) is 100 Å². The molecule has 9 aromatic rings. The smallest absolute Gasteiger partial charge is 0.159 e. The van der Waals surface area contributed by atoms with Crippen molar-refractivity contribution in [3.05, 3.63) is 204 Å². The minimum atomic E-state index is -0.156. The summed E-state index contributed by atoms with van der Waals surface area (Å²) in [4.78, 5) is 17.9. The molecule has 11 rings (SSSR count). The van der Waals surface area contributed by atoms with Gasteiger partial charge in [-0.15, -0.1) is 0 Å². The molecule has 0 amide bonds. The van der Waals surface area contributed by atoms with E-state index in [0.717, 1.165) is 22.8 Å². The van der Waals surface area contributed by atoms with Gasteiger partial charge in [0.15, 0.2) is 11.6 Å². The number of aryl methyl sites for hydroxylation is 2. The average Bonchev–Trinajstić information content (AvgIpc) is 3.68. The van der Waals surface area contributed by atoms with Crippen molar-refractivity contribution in [2.45, 2.75) is 52.4 Å². The highest BCUT2D eigenvalue weighted by molar-refractivity contribution is 5.89. The second-order valence-corrected chi connectivity index (χ2v) is 18.1. The molecule has 0 saturated carbocycles. The molecule has 4 nitrogen and oxygen atoms in total. The summed E-state index contributed by atoms with van der Waals surface area (Å²) in [6, 6.07) is 53.7. The van der Waals surface area contributed by atoms with Gasteiger partial charge in [0.2, 0.25) is 0 Å². The van der Waals surface area contributed by atoms with Gasteiger partial charge in [-0.2, -0.15) is 0 Å². The third kappa shape index (κ3) is 6.04. The van der Waals surface area contributed by atoms with E-state index in [-0.39, 0.29) is 10.8 Å². The Bertz CT molecular complexity index is 3030. The van der Waals surface area contributed by atoms with Gasteiger partial charge in [-0.3, -0.25) is 0 Å². The Labute approximate surface area is 364 Å². The highest BCUT2D eigenvalue weighted by Gasteiger charge is 2.37. The van der Waals surface area contributed by atoms with Gasteiger partial charge in [0.25, 0.3) is 0 Å². The molecule has 2 aliphatic carbocycles. The van der Waals surface area contributed by atoms with Crippen LogP contribution in [0.2, 0.25) is 0 Å². The van der Waals surface area contributed by atoms with Crippen LogP contribution in [0.3, 0.4) is 0 Å². The van der Waals surface area contributed by atoms with E-state index >= 15 is 0 Å². The standard InChI is InChI=1S/C58H46N4/c1-35-27-50(42-18-22-48-46-20-16-40(32-52(46)58(5,6)54(48)34-42)38-12-8-14-44(30-38)56-61-25-10-26-62-56)36(2)28-49(35)41-17-21-47-45-19-15-39(31-51(45)57(3,4)53(47)33-41)37-11-7-13-43(29-37)55-59-23-9-24-60-55/h7-34H,1-6H3. The molecule has 0 atom stereocenters. The summed E-state index contributed by atoms with van der Waals surface area (Å²) in [5, 5.41) is 0. The van der Waals surface area contributed by atoms with Gasteiger partial charge in [0, 0.05) is 46.7 Å². The molecule has 2 heterocycles. The topological polar surface area (TPSA) is 51.6 Å². The second-order valence-electron chi connectivity index (χ2n) is 18.1. The molecular weight excluding hydrogens is 753 g/mol. The molecule has 62 heavy (non-hydrogen) atoms. The maximum Gasteiger partial charge on any atom is 0.159 e. The third-order valence-corrected chi connectivity index (χ3v) is 13.6. The first-order valence-corrected chi connectivity index (χ1v) is 21.5. The van der Waals surface area contributed by atoms with Crippen molar-refractivity contribution < 1.29 is 0 Å². The Balaban J connectivity index is 0.888. The summed E-state index contributed by atoms with van der Waals surface area (Å²) < 4.78 is 0. The highest BCUT2D eigenvalue weighted by Crippen LogP contribution is 2.53. The lowest BCUT2D eigenvalue weighted by atomic mass is 9.80. The van der Waals surface area contributed by atoms with Gasteiger partial charge < -0.3 is 0 Å². The van der Waals surface area contributed by atoms with Crippen molar-refractivity contribution in [3.8, 4) is 89.5 Å². The molecule has 0 bridgehead atoms. The van der Waals surface area contributed by atoms with Gasteiger partial charge in [-0.1, -0.05) is 125 Å². The summed E-state index contributed by atoms with van der Waals surface area (Å²) in [6.07, 6.45) is 7.18. The normalized spacial score (nSPS) is 13.9. The van der Waals surface area contributed by atoms with Gasteiger partial charge >= 0.3 is 0 Å². The summed E-state index contributed by atoms with van der Waals surface area (Å²) in [5.74, 6) is 1.48. The molecule has 0 N–H and O–H groups in total. The largest absolute Gasteiger partial charge is 0.237 e. The van der Waals surface area contributed by atoms with Crippen molar-refractivity contribution in [1.82, 2.24) is 19.9 Å². The molecule has 0 unspecified atom stereocenters. The van der Waals surface area contributed by atoms with Crippen molar-refractivity contribution in [2.24, 2.45) is 0 Å². The average molecular weight is 799 g/mol. The molecular formula is C58H46N4. The van der Waals surface area contributed by atoms with Crippen molar-refractivity contribution in [1.29, 1.82) is 0 Å². The molecule has 0 fully saturated rings. The number of nitrogens with zero attached hydrogens (tertiary/aromatic N) is 4. The first kappa shape index (κ1) is 37.7. The zero-order chi connectivity index (χ0) is 42.3. The molecule has 0 radical (unpaired) electrons. The highest BCUT2D eigenvalue weighted by atomic mass is 14.9. The van der Waals surface area contributed by atoms with Gasteiger partial charge in [0.05, 0.1) is 0 Å². The van der Waals surface area contributed by atoms with Crippen LogP contribution < -0.4 is 0 Å². The summed E-state index contributed by atoms with van der Waals surface area (Å²) in [5.41, 5.74) is 24.8. The van der Waals surface area contributed by atoms with Gasteiger partial charge in [-0.05, 0) is 163 Å². The molecule has 0 saturated heterocycles. The summed E-state index contributed by atoms with van der Waals surface area (Å²) >= 11 is 0. The van der Waals surface area contributed by atoms with Crippen LogP contribution in [-0.2, 0) is 10.8 Å². The zero-order valence-electron chi connectivity index (χ0n) is 36.0. The van der Waals surface area contributed by atoms with E-state index < -0.39 is 0 Å². The number of hydrogen-bond donors (Lipinski definition) is 0. The van der Waals surface area contributed by atoms with Crippen LogP contribution in [0.4, 0.5) is 0 Å². The van der Waals surface area contributed by atoms with E-state index in [1.807, 2.05) is 12.1 Å². The maximum atomic E-state index is 4.49. The second kappa shape index (κ2) is 14.1. The van der Waals surface area contributed by atoms with Crippen LogP contribution in [0.5, 0.6) is 0 Å². The molecule has 7 aromatic carbocycles. The SMILES string of the molecule is Cc1cc(-c2ccc3c(c2)C(C)(C)c2cc(-c4cccc(-c5ncccn5)c4)ccc2-3)c(C)cc1-c1ccc2c(c1)C(C)(C)c1cc(-c3cccc(-c4ncccn4)c3)ccc1-2. The Kier molecular flexibility index (Phi) is 8.59. The Morgan fingerprint density at radius 2 is 0.597 bits per heavy atom. The van der Waals surface area contributed by atoms with Crippen LogP contribution in [0.25, 0.3) is 89.5 Å². The molecule has 0 spiro atoms. The quantitative estimate of drug-likeness (QED) is 0.168. The fraction of sp³-hybridized carbons (Fsp3) is 0.138. The number of aromatic nitrogens is 4. The van der Waals surface area contributed by atoms with Gasteiger partial charge in [0.1, 0.15) is 0 Å². The van der Waals surface area contributed by atoms with E-state index in [4.69, 9.17) is 0 Å². The number of rotatable bonds is 6. The third-order valence-electron chi connectivity index (χ3n) is 13.6. The predicted octanol–water partition coefficient (Wildman–Crippen LogP) is 14.5. The zero-order valence-corrected chi connectivity index (χ0v) is 36.0. The molecule has 2 aliphatic rings. The first-order chi connectivity index (χ1) is 30.0. The lowest BCUT2D eigenvalue weighted by Crippen LogP contribution is -2.15. The fourth-order valence-corrected chi connectivity index (χ4v) is 10.2. The van der Waals surface area contributed by atoms with Gasteiger partial charge in [-0.25, -0.2) is 19.9 Å². The first-order valence-electron chi connectivity index (χ1n) is 21.5. The van der Waals surface area contributed by atoms with Crippen molar-refractivity contribution in [3.63, 3.8) is 0 Å². The fourth-order valence-electron chi connectivity index (χ4n) is 10.2. The maximum absolute atomic E-state index is 4.49. The van der Waals surface area contributed by atoms with E-state index in [0.29, 0.717) is 0 Å². The predicted molar refractivity (Wildman–Crippen MR) is 255 cm³/mol. The Morgan fingerprint density at radius 1 is 0.290 bits per heavy atom. The van der Waals surface area contributed by atoms with Crippen molar-refractivity contribution in [2.75, 3.05) is 0 Å². The molecule has 4 heteroatoms. The Morgan fingerprint density at radius 3 is 0.968 bits per heavy atom. The number of fused-ring (bicyclic) bond motifs is 6. The van der Waals surface area contributed by atoms with Crippen LogP contribution in [0.15, 0.2) is 170 Å². The van der Waals surface area contributed by atoms with E-state index in [1.54, 1.807) is 24.8 Å². The van der Waals surface area contributed by atoms with E-state index in [9.17, 15) is 0 Å². The minimum absolute atomic E-state index is 0.156. The van der Waals surface area contributed by atoms with Crippen LogP contribution in [-0.4, -0.2) is 19.9 Å². The monoisotopic (exact) mass is 798 g/mol. The van der Waals surface area contributed by atoms with E-state index in [2.05, 4.69) is 195 Å².